The number of nitrogens with one attached hydrogen (secondary N) is 6. The van der Waals surface area contributed by atoms with Gasteiger partial charge in [-0.2, -0.15) is 0 Å². The molecule has 9 amide bonds. The first-order chi connectivity index (χ1) is 31.2. The topological polar surface area (TPSA) is 377 Å². The van der Waals surface area contributed by atoms with Crippen LogP contribution in [0.3, 0.4) is 0 Å². The Morgan fingerprint density at radius 2 is 0.848 bits per heavy atom. The van der Waals surface area contributed by atoms with E-state index in [0.717, 1.165) is 18.2 Å². The molecule has 0 aliphatic carbocycles. The summed E-state index contributed by atoms with van der Waals surface area (Å²) < 4.78 is 0. The highest BCUT2D eigenvalue weighted by molar-refractivity contribution is 5.97. The summed E-state index contributed by atoms with van der Waals surface area (Å²) in [6, 6.07) is -7.64. The minimum Gasteiger partial charge on any atom is -0.396 e. The molecule has 0 aromatic carbocycles. The number of rotatable bonds is 22. The molecule has 5 atom stereocenters. The number of aliphatic hydroxyl groups is 4. The molecule has 0 aromatic rings. The molecule has 0 bridgehead atoms. The predicted molar refractivity (Wildman–Crippen MR) is 230 cm³/mol. The minimum atomic E-state index is -1.61. The molecule has 25 nitrogen and oxygen atoms in total. The Morgan fingerprint density at radius 1 is 0.515 bits per heavy atom. The van der Waals surface area contributed by atoms with E-state index in [0.29, 0.717) is 31.9 Å². The van der Waals surface area contributed by atoms with Crippen LogP contribution < -0.4 is 31.9 Å². The van der Waals surface area contributed by atoms with Gasteiger partial charge in [-0.3, -0.25) is 58.8 Å². The maximum atomic E-state index is 14.1. The molecule has 0 saturated carbocycles. The SMILES string of the molecule is CC(=CC(=O)N(O)CCCC1NC(=O)CNC(=O)C(CO)NC(=O)C(C)NC(=O)C(CCCN(O)C(=O)C=C(C)CCO)NC(=O)C(CCCN(O)C(=O)C=C(C)CCO)NC1=O)CCO. The quantitative estimate of drug-likeness (QED) is 0.0285. The summed E-state index contributed by atoms with van der Waals surface area (Å²) in [7, 11) is 0. The first-order valence-electron chi connectivity index (χ1n) is 21.4. The smallest absolute Gasteiger partial charge is 0.269 e. The highest BCUT2D eigenvalue weighted by Crippen LogP contribution is 2.10. The molecule has 1 fully saturated rings. The Hall–Kier alpha value is -5.83. The van der Waals surface area contributed by atoms with Crippen molar-refractivity contribution in [3.63, 3.8) is 0 Å². The van der Waals surface area contributed by atoms with E-state index in [1.54, 1.807) is 20.8 Å². The summed E-state index contributed by atoms with van der Waals surface area (Å²) in [6.07, 6.45) is 2.42. The molecule has 0 spiro atoms. The fourth-order valence-electron chi connectivity index (χ4n) is 6.02. The van der Waals surface area contributed by atoms with Gasteiger partial charge in [-0.05, 0) is 85.5 Å². The maximum Gasteiger partial charge on any atom is 0.269 e. The molecule has 25 heteroatoms. The van der Waals surface area contributed by atoms with Crippen LogP contribution >= 0.6 is 0 Å². The second kappa shape index (κ2) is 31.2. The van der Waals surface area contributed by atoms with E-state index in [4.69, 9.17) is 15.3 Å². The Balaban J connectivity index is 3.64. The van der Waals surface area contributed by atoms with Gasteiger partial charge in [-0.15, -0.1) is 0 Å². The molecule has 0 radical (unpaired) electrons. The maximum absolute atomic E-state index is 14.1. The van der Waals surface area contributed by atoms with E-state index in [1.165, 1.54) is 6.92 Å². The van der Waals surface area contributed by atoms with Crippen LogP contribution in [-0.2, 0) is 43.2 Å². The lowest BCUT2D eigenvalue weighted by Crippen LogP contribution is -2.60. The van der Waals surface area contributed by atoms with Crippen LogP contribution in [0, 0.1) is 0 Å². The van der Waals surface area contributed by atoms with Crippen molar-refractivity contribution in [3.8, 4) is 0 Å². The summed E-state index contributed by atoms with van der Waals surface area (Å²) in [5.74, 6) is -8.44. The Labute approximate surface area is 382 Å². The lowest BCUT2D eigenvalue weighted by atomic mass is 10.0. The fourth-order valence-corrected chi connectivity index (χ4v) is 6.02. The van der Waals surface area contributed by atoms with E-state index in [2.05, 4.69) is 31.9 Å². The number of hydrogen-bond donors (Lipinski definition) is 13. The van der Waals surface area contributed by atoms with Crippen LogP contribution in [0.25, 0.3) is 0 Å². The summed E-state index contributed by atoms with van der Waals surface area (Å²) in [5.41, 5.74) is 1.38. The first kappa shape index (κ1) is 58.2. The van der Waals surface area contributed by atoms with Crippen molar-refractivity contribution in [3.05, 3.63) is 34.9 Å². The molecule has 66 heavy (non-hydrogen) atoms. The zero-order valence-electron chi connectivity index (χ0n) is 37.8. The van der Waals surface area contributed by atoms with Crippen LogP contribution in [0.15, 0.2) is 34.9 Å². The summed E-state index contributed by atoms with van der Waals surface area (Å²) >= 11 is 0. The predicted octanol–water partition coefficient (Wildman–Crippen LogP) is -3.47. The molecule has 0 aromatic heterocycles. The molecule has 5 unspecified atom stereocenters. The van der Waals surface area contributed by atoms with Crippen molar-refractivity contribution in [1.29, 1.82) is 0 Å². The fraction of sp³-hybridized carbons (Fsp3) is 0.634. The molecule has 1 heterocycles. The van der Waals surface area contributed by atoms with Gasteiger partial charge in [0.05, 0.1) is 13.2 Å². The number of hydrogen-bond acceptors (Lipinski definition) is 16. The first-order valence-corrected chi connectivity index (χ1v) is 21.4. The Bertz CT molecular complexity index is 1770. The molecule has 1 aliphatic rings. The second-order valence-corrected chi connectivity index (χ2v) is 15.6. The largest absolute Gasteiger partial charge is 0.396 e. The van der Waals surface area contributed by atoms with Crippen LogP contribution in [0.1, 0.15) is 85.5 Å². The number of carbonyl (C=O) groups is 9. The molecule has 1 saturated heterocycles. The van der Waals surface area contributed by atoms with Crippen molar-refractivity contribution >= 4 is 53.2 Å². The minimum absolute atomic E-state index is 0.137. The van der Waals surface area contributed by atoms with Gasteiger partial charge in [0.15, 0.2) is 0 Å². The molecular formula is C41H67N9O16. The van der Waals surface area contributed by atoms with Crippen molar-refractivity contribution < 1.29 is 79.2 Å². The number of hydroxylamine groups is 6. The van der Waals surface area contributed by atoms with Crippen LogP contribution in [0.5, 0.6) is 0 Å². The van der Waals surface area contributed by atoms with Crippen LogP contribution in [0.2, 0.25) is 0 Å². The van der Waals surface area contributed by atoms with Gasteiger partial charge >= 0.3 is 0 Å². The van der Waals surface area contributed by atoms with Gasteiger partial charge in [-0.25, -0.2) is 15.2 Å². The summed E-state index contributed by atoms with van der Waals surface area (Å²) in [4.78, 5) is 118. The second-order valence-electron chi connectivity index (χ2n) is 15.6. The Kier molecular flexibility index (Phi) is 27.5. The highest BCUT2D eigenvalue weighted by Gasteiger charge is 2.32. The van der Waals surface area contributed by atoms with E-state index in [-0.39, 0.29) is 97.2 Å². The van der Waals surface area contributed by atoms with Crippen molar-refractivity contribution in [2.24, 2.45) is 0 Å². The summed E-state index contributed by atoms with van der Waals surface area (Å²) in [5, 5.41) is 83.7. The third-order valence-electron chi connectivity index (χ3n) is 9.89. The van der Waals surface area contributed by atoms with Crippen LogP contribution in [0.4, 0.5) is 0 Å². The monoisotopic (exact) mass is 941 g/mol. The van der Waals surface area contributed by atoms with E-state index in [9.17, 15) is 63.9 Å². The zero-order chi connectivity index (χ0) is 49.9. The molecule has 1 aliphatic heterocycles. The van der Waals surface area contributed by atoms with E-state index < -0.39 is 96.5 Å². The van der Waals surface area contributed by atoms with Crippen molar-refractivity contribution in [1.82, 2.24) is 47.1 Å². The normalized spacial score (nSPS) is 21.0. The van der Waals surface area contributed by atoms with Gasteiger partial charge in [0.2, 0.25) is 35.4 Å². The molecule has 372 valence electrons. The lowest BCUT2D eigenvalue weighted by Gasteiger charge is -2.27. The van der Waals surface area contributed by atoms with Gasteiger partial charge in [0.25, 0.3) is 17.7 Å². The molecular weight excluding hydrogens is 874 g/mol. The third-order valence-corrected chi connectivity index (χ3v) is 9.89. The number of nitrogens with zero attached hydrogens (tertiary/aromatic N) is 3. The van der Waals surface area contributed by atoms with Gasteiger partial charge in [-0.1, -0.05) is 16.7 Å². The molecule has 1 rings (SSSR count). The third kappa shape index (κ3) is 22.4. The van der Waals surface area contributed by atoms with Crippen molar-refractivity contribution in [2.75, 3.05) is 52.6 Å². The van der Waals surface area contributed by atoms with Gasteiger partial charge < -0.3 is 52.3 Å². The number of amides is 9. The van der Waals surface area contributed by atoms with Crippen molar-refractivity contribution in [2.45, 2.75) is 116 Å². The number of carbonyl (C=O) groups excluding carboxylic acids is 9. The average molecular weight is 942 g/mol. The average Bonchev–Trinajstić information content (AvgIpc) is 3.25. The Morgan fingerprint density at radius 3 is 1.20 bits per heavy atom. The van der Waals surface area contributed by atoms with E-state index >= 15 is 0 Å². The lowest BCUT2D eigenvalue weighted by molar-refractivity contribution is -0.160. The van der Waals surface area contributed by atoms with Crippen LogP contribution in [-0.4, -0.2) is 187 Å². The number of aliphatic hydroxyl groups excluding tert-OH is 4. The van der Waals surface area contributed by atoms with Gasteiger partial charge in [0.1, 0.15) is 30.2 Å². The van der Waals surface area contributed by atoms with Gasteiger partial charge in [0, 0.05) is 57.7 Å². The zero-order valence-corrected chi connectivity index (χ0v) is 37.8. The summed E-state index contributed by atoms with van der Waals surface area (Å²) in [6.45, 7) is 2.32. The highest BCUT2D eigenvalue weighted by atomic mass is 16.5. The standard InChI is InChI=1S/C41H67N9O16/c1-25(11-17-51)20-34(56)48(64)14-5-8-29-40(62)46-31(10-7-16-50(66)36(58)22-27(3)13-19-53)41(63)45-30(9-6-15-49(65)35(57)21-26(2)12-18-52)39(61)43-28(4)37(59)47-32(24-54)38(60)42-23-33(55)44-29/h20-22,28-32,51-54,64-66H,5-19,23-24H2,1-4H3,(H,42,60)(H,43,61)(H,44,55)(H,45,63)(H,46,62)(H,47,59). The van der Waals surface area contributed by atoms with E-state index in [1.807, 2.05) is 0 Å². The molecule has 13 N–H and O–H groups in total.